The molecule has 4 rings (SSSR count). The van der Waals surface area contributed by atoms with Crippen molar-refractivity contribution >= 4 is 6.03 Å². The largest absolute Gasteiger partial charge is 0.470 e. The molecule has 162 valence electrons. The number of nitrogens with one attached hydrogen (secondary N) is 1. The van der Waals surface area contributed by atoms with Gasteiger partial charge in [-0.05, 0) is 24.0 Å². The van der Waals surface area contributed by atoms with Crippen LogP contribution in [0.15, 0.2) is 65.1 Å². The van der Waals surface area contributed by atoms with Gasteiger partial charge in [-0.15, -0.1) is 10.2 Å². The number of carbonyl (C=O) groups is 1. The average Bonchev–Trinajstić information content (AvgIpc) is 3.30. The molecule has 3 aromatic rings. The van der Waals surface area contributed by atoms with Gasteiger partial charge in [0.25, 0.3) is 0 Å². The van der Waals surface area contributed by atoms with Crippen molar-refractivity contribution in [1.82, 2.24) is 20.4 Å². The van der Waals surface area contributed by atoms with Crippen LogP contribution in [0.3, 0.4) is 0 Å². The Labute approximate surface area is 177 Å². The van der Waals surface area contributed by atoms with E-state index in [1.165, 1.54) is 0 Å². The Kier molecular flexibility index (Phi) is 5.92. The second-order valence-corrected chi connectivity index (χ2v) is 7.43. The number of piperidine rings is 1. The number of alkyl halides is 3. The van der Waals surface area contributed by atoms with E-state index in [1.54, 1.807) is 4.90 Å². The van der Waals surface area contributed by atoms with E-state index in [1.807, 2.05) is 60.7 Å². The maximum atomic E-state index is 13.1. The van der Waals surface area contributed by atoms with Crippen molar-refractivity contribution < 1.29 is 22.4 Å². The van der Waals surface area contributed by atoms with E-state index < -0.39 is 18.0 Å². The minimum Gasteiger partial charge on any atom is -0.417 e. The summed E-state index contributed by atoms with van der Waals surface area (Å²) in [5.74, 6) is -1.89. The van der Waals surface area contributed by atoms with Crippen molar-refractivity contribution in [3.63, 3.8) is 0 Å². The molecule has 0 aliphatic carbocycles. The van der Waals surface area contributed by atoms with E-state index in [4.69, 9.17) is 4.42 Å². The zero-order valence-electron chi connectivity index (χ0n) is 16.5. The minimum atomic E-state index is -4.68. The molecular weight excluding hydrogens is 409 g/mol. The quantitative estimate of drug-likeness (QED) is 0.648. The summed E-state index contributed by atoms with van der Waals surface area (Å²) in [4.78, 5) is 14.7. The highest BCUT2D eigenvalue weighted by Gasteiger charge is 2.39. The van der Waals surface area contributed by atoms with Crippen molar-refractivity contribution in [3.05, 3.63) is 83.6 Å². The first-order valence-electron chi connectivity index (χ1n) is 9.98. The second kappa shape index (κ2) is 8.79. The fourth-order valence-corrected chi connectivity index (χ4v) is 3.74. The normalized spacial score (nSPS) is 17.0. The van der Waals surface area contributed by atoms with Gasteiger partial charge < -0.3 is 14.6 Å². The SMILES string of the molecule is O=C(NC(c1ccccc1)c1ccccc1)N1CCCC(c2nnc(C(F)(F)F)o2)C1. The number of benzene rings is 2. The zero-order valence-corrected chi connectivity index (χ0v) is 16.5. The molecule has 0 bridgehead atoms. The van der Waals surface area contributed by atoms with Crippen LogP contribution in [0.25, 0.3) is 0 Å². The van der Waals surface area contributed by atoms with Crippen LogP contribution in [0.5, 0.6) is 0 Å². The average molecular weight is 430 g/mol. The van der Waals surface area contributed by atoms with Crippen molar-refractivity contribution in [2.45, 2.75) is 31.0 Å². The Morgan fingerprint density at radius 3 is 2.19 bits per heavy atom. The summed E-state index contributed by atoms with van der Waals surface area (Å²) in [6.45, 7) is 0.709. The van der Waals surface area contributed by atoms with E-state index in [0.717, 1.165) is 11.1 Å². The zero-order chi connectivity index (χ0) is 21.8. The molecule has 1 fully saturated rings. The Hall–Kier alpha value is -3.36. The van der Waals surface area contributed by atoms with E-state index in [9.17, 15) is 18.0 Å². The third-order valence-electron chi connectivity index (χ3n) is 5.27. The van der Waals surface area contributed by atoms with Crippen LogP contribution >= 0.6 is 0 Å². The number of hydrogen-bond acceptors (Lipinski definition) is 4. The lowest BCUT2D eigenvalue weighted by molar-refractivity contribution is -0.157. The maximum Gasteiger partial charge on any atom is 0.470 e. The van der Waals surface area contributed by atoms with E-state index in [-0.39, 0.29) is 24.5 Å². The molecule has 1 N–H and O–H groups in total. The van der Waals surface area contributed by atoms with Crippen molar-refractivity contribution in [2.75, 3.05) is 13.1 Å². The molecule has 0 saturated carbocycles. The van der Waals surface area contributed by atoms with Crippen molar-refractivity contribution in [2.24, 2.45) is 0 Å². The summed E-state index contributed by atoms with van der Waals surface area (Å²) in [6.07, 6.45) is -3.48. The standard InChI is InChI=1S/C22H21F3N4O2/c23-22(24,25)20-28-27-19(31-20)17-12-7-13-29(14-17)21(30)26-18(15-8-3-1-4-9-15)16-10-5-2-6-11-16/h1-6,8-11,17-18H,7,12-14H2,(H,26,30). The van der Waals surface area contributed by atoms with Gasteiger partial charge in [-0.3, -0.25) is 0 Å². The molecule has 1 saturated heterocycles. The molecule has 1 aliphatic heterocycles. The van der Waals surface area contributed by atoms with Gasteiger partial charge in [0.05, 0.1) is 12.0 Å². The highest BCUT2D eigenvalue weighted by Crippen LogP contribution is 2.32. The number of carbonyl (C=O) groups excluding carboxylic acids is 1. The van der Waals surface area contributed by atoms with Gasteiger partial charge in [0.1, 0.15) is 0 Å². The van der Waals surface area contributed by atoms with Gasteiger partial charge in [-0.25, -0.2) is 4.79 Å². The van der Waals surface area contributed by atoms with Gasteiger partial charge in [-0.2, -0.15) is 13.2 Å². The van der Waals surface area contributed by atoms with Gasteiger partial charge in [0, 0.05) is 13.1 Å². The summed E-state index contributed by atoms with van der Waals surface area (Å²) >= 11 is 0. The molecule has 2 amide bonds. The van der Waals surface area contributed by atoms with E-state index in [2.05, 4.69) is 15.5 Å². The lowest BCUT2D eigenvalue weighted by Gasteiger charge is -2.32. The first-order chi connectivity index (χ1) is 14.9. The molecule has 0 radical (unpaired) electrons. The Morgan fingerprint density at radius 2 is 1.65 bits per heavy atom. The summed E-state index contributed by atoms with van der Waals surface area (Å²) in [5, 5.41) is 9.72. The molecule has 6 nitrogen and oxygen atoms in total. The van der Waals surface area contributed by atoms with Crippen LogP contribution in [0.1, 0.15) is 47.7 Å². The summed E-state index contributed by atoms with van der Waals surface area (Å²) in [6, 6.07) is 18.5. The van der Waals surface area contributed by atoms with E-state index in [0.29, 0.717) is 19.4 Å². The molecule has 9 heteroatoms. The van der Waals surface area contributed by atoms with Crippen LogP contribution in [0.2, 0.25) is 0 Å². The maximum absolute atomic E-state index is 13.1. The highest BCUT2D eigenvalue weighted by molar-refractivity contribution is 5.75. The number of hydrogen-bond donors (Lipinski definition) is 1. The number of urea groups is 1. The van der Waals surface area contributed by atoms with E-state index >= 15 is 0 Å². The van der Waals surface area contributed by atoms with Crippen LogP contribution in [-0.4, -0.2) is 34.2 Å². The van der Waals surface area contributed by atoms with Gasteiger partial charge >= 0.3 is 18.1 Å². The first-order valence-corrected chi connectivity index (χ1v) is 9.98. The topological polar surface area (TPSA) is 71.3 Å². The summed E-state index contributed by atoms with van der Waals surface area (Å²) in [7, 11) is 0. The van der Waals surface area contributed by atoms with Crippen LogP contribution < -0.4 is 5.32 Å². The number of rotatable bonds is 4. The molecule has 1 aromatic heterocycles. The molecule has 0 spiro atoms. The summed E-state index contributed by atoms with van der Waals surface area (Å²) in [5.41, 5.74) is 1.87. The molecular formula is C22H21F3N4O2. The minimum absolute atomic E-state index is 0.0903. The van der Waals surface area contributed by atoms with Crippen LogP contribution in [-0.2, 0) is 6.18 Å². The predicted octanol–water partition coefficient (Wildman–Crippen LogP) is 4.77. The molecule has 31 heavy (non-hydrogen) atoms. The summed E-state index contributed by atoms with van der Waals surface area (Å²) < 4.78 is 43.1. The number of likely N-dealkylation sites (tertiary alicyclic amines) is 1. The van der Waals surface area contributed by atoms with Gasteiger partial charge in [-0.1, -0.05) is 60.7 Å². The van der Waals surface area contributed by atoms with Crippen LogP contribution in [0, 0.1) is 0 Å². The van der Waals surface area contributed by atoms with Crippen LogP contribution in [0.4, 0.5) is 18.0 Å². The predicted molar refractivity (Wildman–Crippen MR) is 106 cm³/mol. The number of amides is 2. The molecule has 2 heterocycles. The fourth-order valence-electron chi connectivity index (χ4n) is 3.74. The Bertz CT molecular complexity index is 969. The fraction of sp³-hybridized carbons (Fsp3) is 0.318. The lowest BCUT2D eigenvalue weighted by atomic mass is 9.97. The third-order valence-corrected chi connectivity index (χ3v) is 5.27. The van der Waals surface area contributed by atoms with Crippen molar-refractivity contribution in [3.8, 4) is 0 Å². The van der Waals surface area contributed by atoms with Crippen molar-refractivity contribution in [1.29, 1.82) is 0 Å². The smallest absolute Gasteiger partial charge is 0.417 e. The highest BCUT2D eigenvalue weighted by atomic mass is 19.4. The molecule has 1 unspecified atom stereocenters. The molecule has 1 aliphatic rings. The number of nitrogens with zero attached hydrogens (tertiary/aromatic N) is 3. The second-order valence-electron chi connectivity index (χ2n) is 7.43. The third kappa shape index (κ3) is 4.87. The van der Waals surface area contributed by atoms with Gasteiger partial charge in [0.15, 0.2) is 0 Å². The number of halogens is 3. The monoisotopic (exact) mass is 430 g/mol. The molecule has 1 atom stereocenters. The lowest BCUT2D eigenvalue weighted by Crippen LogP contribution is -2.46. The Morgan fingerprint density at radius 1 is 1.03 bits per heavy atom. The van der Waals surface area contributed by atoms with Gasteiger partial charge in [0.2, 0.25) is 5.89 Å². The number of aromatic nitrogens is 2. The molecule has 2 aromatic carbocycles. The Balaban J connectivity index is 1.49. The first kappa shape index (κ1) is 20.9.